The molecule has 2 aliphatic heterocycles. The fourth-order valence-corrected chi connectivity index (χ4v) is 5.80. The Balaban J connectivity index is 1.28. The van der Waals surface area contributed by atoms with E-state index in [1.807, 2.05) is 36.9 Å². The number of hydrogen-bond acceptors (Lipinski definition) is 6. The minimum absolute atomic E-state index is 0.0199. The number of carbonyl (C=O) groups is 4. The summed E-state index contributed by atoms with van der Waals surface area (Å²) in [6.07, 6.45) is 6.53. The molecule has 2 fully saturated rings. The highest BCUT2D eigenvalue weighted by atomic mass is 16.7. The summed E-state index contributed by atoms with van der Waals surface area (Å²) >= 11 is 0. The molecular formula is C29H42N4O6. The quantitative estimate of drug-likeness (QED) is 0.381. The van der Waals surface area contributed by atoms with Crippen LogP contribution in [0.4, 0.5) is 4.79 Å². The highest BCUT2D eigenvalue weighted by Crippen LogP contribution is 2.35. The maximum Gasteiger partial charge on any atom is 0.327 e. The first-order valence-electron chi connectivity index (χ1n) is 14.5. The molecule has 5 amide bonds. The Labute approximate surface area is 231 Å². The van der Waals surface area contributed by atoms with Crippen LogP contribution in [0.25, 0.3) is 0 Å². The minimum atomic E-state index is -0.364. The molecule has 2 unspecified atom stereocenters. The Hall–Kier alpha value is -3.30. The van der Waals surface area contributed by atoms with E-state index < -0.39 is 0 Å². The number of urea groups is 1. The van der Waals surface area contributed by atoms with E-state index in [2.05, 4.69) is 5.32 Å². The van der Waals surface area contributed by atoms with E-state index >= 15 is 0 Å². The molecule has 4 rings (SSSR count). The molecule has 0 radical (unpaired) electrons. The van der Waals surface area contributed by atoms with Crippen molar-refractivity contribution in [3.8, 4) is 11.5 Å². The molecule has 10 heteroatoms. The van der Waals surface area contributed by atoms with Gasteiger partial charge in [0.2, 0.25) is 24.5 Å². The number of amides is 5. The second-order valence-electron chi connectivity index (χ2n) is 10.7. The maximum atomic E-state index is 13.5. The zero-order valence-electron chi connectivity index (χ0n) is 23.3. The number of ether oxygens (including phenoxy) is 2. The van der Waals surface area contributed by atoms with Gasteiger partial charge < -0.3 is 24.6 Å². The van der Waals surface area contributed by atoms with Gasteiger partial charge in [-0.15, -0.1) is 0 Å². The summed E-state index contributed by atoms with van der Waals surface area (Å²) in [5, 5.41) is 2.91. The van der Waals surface area contributed by atoms with Crippen molar-refractivity contribution >= 4 is 23.8 Å². The number of hydrogen-bond donors (Lipinski definition) is 1. The van der Waals surface area contributed by atoms with E-state index in [-0.39, 0.29) is 55.6 Å². The van der Waals surface area contributed by atoms with Crippen LogP contribution in [0.5, 0.6) is 11.5 Å². The van der Waals surface area contributed by atoms with E-state index in [0.717, 1.165) is 44.1 Å². The van der Waals surface area contributed by atoms with Gasteiger partial charge in [-0.2, -0.15) is 0 Å². The van der Waals surface area contributed by atoms with Gasteiger partial charge in [-0.1, -0.05) is 32.8 Å². The predicted molar refractivity (Wildman–Crippen MR) is 145 cm³/mol. The molecule has 1 aliphatic carbocycles. The third-order valence-electron chi connectivity index (χ3n) is 7.80. The number of rotatable bonds is 13. The average Bonchev–Trinajstić information content (AvgIpc) is 3.41. The van der Waals surface area contributed by atoms with Crippen LogP contribution in [0.15, 0.2) is 18.2 Å². The molecule has 0 spiro atoms. The minimum Gasteiger partial charge on any atom is -0.454 e. The topological polar surface area (TPSA) is 108 Å². The highest BCUT2D eigenvalue weighted by Gasteiger charge is 2.47. The molecule has 1 aromatic carbocycles. The van der Waals surface area contributed by atoms with Crippen LogP contribution >= 0.6 is 0 Å². The lowest BCUT2D eigenvalue weighted by atomic mass is 9.81. The number of benzene rings is 1. The van der Waals surface area contributed by atoms with Crippen molar-refractivity contribution in [2.24, 2.45) is 5.92 Å². The molecule has 1 aromatic rings. The van der Waals surface area contributed by atoms with Crippen LogP contribution in [-0.4, -0.2) is 77.5 Å². The number of carbonyl (C=O) groups excluding carboxylic acids is 4. The van der Waals surface area contributed by atoms with E-state index in [9.17, 15) is 19.2 Å². The van der Waals surface area contributed by atoms with Crippen molar-refractivity contribution < 1.29 is 28.7 Å². The summed E-state index contributed by atoms with van der Waals surface area (Å²) in [4.78, 5) is 57.1. The van der Waals surface area contributed by atoms with Crippen LogP contribution in [0.1, 0.15) is 77.2 Å². The van der Waals surface area contributed by atoms with Gasteiger partial charge in [0.15, 0.2) is 11.5 Å². The summed E-state index contributed by atoms with van der Waals surface area (Å²) in [7, 11) is 0. The van der Waals surface area contributed by atoms with Crippen LogP contribution in [0, 0.1) is 5.92 Å². The second-order valence-corrected chi connectivity index (χ2v) is 10.7. The monoisotopic (exact) mass is 542 g/mol. The van der Waals surface area contributed by atoms with Crippen LogP contribution in [0.3, 0.4) is 0 Å². The fraction of sp³-hybridized carbons (Fsp3) is 0.655. The summed E-state index contributed by atoms with van der Waals surface area (Å²) in [6, 6.07) is 5.01. The zero-order valence-corrected chi connectivity index (χ0v) is 23.3. The number of imide groups is 1. The van der Waals surface area contributed by atoms with Crippen molar-refractivity contribution in [3.63, 3.8) is 0 Å². The standard InChI is InChI=1S/C29H42N4O6/c1-3-14-31(15-4-2)27(35)19-33-23-10-6-5-9-22(23)28(36)32(29(33)37)16-8-7-11-26(34)30-18-21-12-13-24-25(17-21)39-20-38-24/h12-13,17,22-23H,3-11,14-16,18-20H2,1-2H3,(H,30,34). The molecular weight excluding hydrogens is 500 g/mol. The van der Waals surface area contributed by atoms with Crippen molar-refractivity contribution in [1.82, 2.24) is 20.0 Å². The van der Waals surface area contributed by atoms with E-state index in [0.29, 0.717) is 50.4 Å². The Morgan fingerprint density at radius 1 is 1.03 bits per heavy atom. The normalized spacial score (nSPS) is 20.2. The third-order valence-corrected chi connectivity index (χ3v) is 7.80. The van der Waals surface area contributed by atoms with Gasteiger partial charge in [-0.3, -0.25) is 19.3 Å². The predicted octanol–water partition coefficient (Wildman–Crippen LogP) is 3.67. The van der Waals surface area contributed by atoms with Crippen LogP contribution in [0.2, 0.25) is 0 Å². The van der Waals surface area contributed by atoms with Gasteiger partial charge in [-0.25, -0.2) is 4.79 Å². The summed E-state index contributed by atoms with van der Waals surface area (Å²) < 4.78 is 10.7. The lowest BCUT2D eigenvalue weighted by Gasteiger charge is -2.47. The zero-order chi connectivity index (χ0) is 27.8. The molecule has 10 nitrogen and oxygen atoms in total. The van der Waals surface area contributed by atoms with Crippen molar-refractivity contribution in [1.29, 1.82) is 0 Å². The summed E-state index contributed by atoms with van der Waals surface area (Å²) in [5.74, 6) is 0.866. The van der Waals surface area contributed by atoms with E-state index in [4.69, 9.17) is 9.47 Å². The highest BCUT2D eigenvalue weighted by molar-refractivity contribution is 6.00. The average molecular weight is 543 g/mol. The van der Waals surface area contributed by atoms with E-state index in [1.165, 1.54) is 4.90 Å². The first-order valence-corrected chi connectivity index (χ1v) is 14.5. The lowest BCUT2D eigenvalue weighted by molar-refractivity contribution is -0.144. The Bertz CT molecular complexity index is 1040. The number of nitrogens with one attached hydrogen (secondary N) is 1. The lowest BCUT2D eigenvalue weighted by Crippen LogP contribution is -2.64. The van der Waals surface area contributed by atoms with Crippen LogP contribution in [-0.2, 0) is 20.9 Å². The molecule has 0 aromatic heterocycles. The Morgan fingerprint density at radius 2 is 1.77 bits per heavy atom. The van der Waals surface area contributed by atoms with Crippen molar-refractivity contribution in [2.75, 3.05) is 33.0 Å². The largest absolute Gasteiger partial charge is 0.454 e. The van der Waals surface area contributed by atoms with Gasteiger partial charge in [0.05, 0.1) is 5.92 Å². The van der Waals surface area contributed by atoms with Crippen molar-refractivity contribution in [2.45, 2.75) is 84.2 Å². The Morgan fingerprint density at radius 3 is 2.54 bits per heavy atom. The summed E-state index contributed by atoms with van der Waals surface area (Å²) in [5.41, 5.74) is 0.922. The molecule has 39 heavy (non-hydrogen) atoms. The van der Waals surface area contributed by atoms with Gasteiger partial charge in [0.25, 0.3) is 0 Å². The van der Waals surface area contributed by atoms with Gasteiger partial charge >= 0.3 is 6.03 Å². The molecule has 2 atom stereocenters. The smallest absolute Gasteiger partial charge is 0.327 e. The number of fused-ring (bicyclic) bond motifs is 2. The number of nitrogens with zero attached hydrogens (tertiary/aromatic N) is 3. The number of unbranched alkanes of at least 4 members (excludes halogenated alkanes) is 1. The second kappa shape index (κ2) is 13.7. The van der Waals surface area contributed by atoms with Crippen molar-refractivity contribution in [3.05, 3.63) is 23.8 Å². The first-order chi connectivity index (χ1) is 18.9. The first kappa shape index (κ1) is 28.7. The Kier molecular flexibility index (Phi) is 10.1. The molecule has 214 valence electrons. The summed E-state index contributed by atoms with van der Waals surface area (Å²) in [6.45, 7) is 6.29. The van der Waals surface area contributed by atoms with Crippen LogP contribution < -0.4 is 14.8 Å². The molecule has 2 heterocycles. The molecule has 3 aliphatic rings. The maximum absolute atomic E-state index is 13.5. The molecule has 1 saturated carbocycles. The molecule has 0 bridgehead atoms. The van der Waals surface area contributed by atoms with E-state index in [1.54, 1.807) is 4.90 Å². The third kappa shape index (κ3) is 7.02. The molecule has 1 N–H and O–H groups in total. The van der Waals surface area contributed by atoms with Gasteiger partial charge in [0, 0.05) is 38.6 Å². The molecule has 1 saturated heterocycles. The SMILES string of the molecule is CCCN(CCC)C(=O)CN1C(=O)N(CCCCC(=O)NCc2ccc3c(c2)OCO3)C(=O)C2CCCCC21. The van der Waals surface area contributed by atoms with Gasteiger partial charge in [0.1, 0.15) is 6.54 Å². The van der Waals surface area contributed by atoms with Gasteiger partial charge in [-0.05, 0) is 56.2 Å². The fourth-order valence-electron chi connectivity index (χ4n) is 5.80.